The highest BCUT2D eigenvalue weighted by molar-refractivity contribution is 6.00. The molecule has 142 valence electrons. The lowest BCUT2D eigenvalue weighted by Gasteiger charge is -2.45. The summed E-state index contributed by atoms with van der Waals surface area (Å²) in [7, 11) is 0. The largest absolute Gasteiger partial charge is 0.508 e. The van der Waals surface area contributed by atoms with Gasteiger partial charge in [-0.3, -0.25) is 9.78 Å². The number of carbonyl (C=O) groups is 2. The number of benzene rings is 1. The third-order valence-corrected chi connectivity index (χ3v) is 4.26. The summed E-state index contributed by atoms with van der Waals surface area (Å²) in [5, 5.41) is 23.7. The number of aromatic nitrogens is 1. The van der Waals surface area contributed by atoms with Crippen molar-refractivity contribution in [3.8, 4) is 5.75 Å². The van der Waals surface area contributed by atoms with Gasteiger partial charge in [-0.2, -0.15) is 13.2 Å². The number of pyridine rings is 1. The molecular formula is C17H14F3N3O4. The Morgan fingerprint density at radius 2 is 1.96 bits per heavy atom. The number of rotatable bonds is 3. The van der Waals surface area contributed by atoms with E-state index in [4.69, 9.17) is 0 Å². The van der Waals surface area contributed by atoms with Crippen molar-refractivity contribution in [3.05, 3.63) is 59.9 Å². The summed E-state index contributed by atoms with van der Waals surface area (Å²) < 4.78 is 41.1. The van der Waals surface area contributed by atoms with Crippen LogP contribution in [0.2, 0.25) is 0 Å². The first-order chi connectivity index (χ1) is 12.6. The monoisotopic (exact) mass is 381 g/mol. The number of aliphatic hydroxyl groups is 1. The quantitative estimate of drug-likeness (QED) is 0.607. The van der Waals surface area contributed by atoms with Gasteiger partial charge in [0.05, 0.1) is 6.04 Å². The predicted molar refractivity (Wildman–Crippen MR) is 85.6 cm³/mol. The molecule has 0 bridgehead atoms. The van der Waals surface area contributed by atoms with Crippen LogP contribution in [-0.2, 0) is 0 Å². The lowest BCUT2D eigenvalue weighted by Crippen LogP contribution is -2.72. The van der Waals surface area contributed by atoms with Gasteiger partial charge in [0.15, 0.2) is 5.78 Å². The zero-order chi connectivity index (χ0) is 19.8. The molecule has 0 spiro atoms. The topological polar surface area (TPSA) is 112 Å². The summed E-state index contributed by atoms with van der Waals surface area (Å²) >= 11 is 0. The third-order valence-electron chi connectivity index (χ3n) is 4.26. The number of phenolic OH excluding ortho intramolecular Hbond substituents is 1. The van der Waals surface area contributed by atoms with Crippen LogP contribution in [-0.4, -0.2) is 38.9 Å². The van der Waals surface area contributed by atoms with Gasteiger partial charge in [0.1, 0.15) is 11.7 Å². The Labute approximate surface area is 150 Å². The van der Waals surface area contributed by atoms with Crippen molar-refractivity contribution in [2.24, 2.45) is 5.92 Å². The number of Topliss-reactive ketones (excluding diaryl/α,β-unsaturated/α-hetero) is 1. The first-order valence-corrected chi connectivity index (χ1v) is 7.74. The van der Waals surface area contributed by atoms with E-state index < -0.39 is 35.7 Å². The summed E-state index contributed by atoms with van der Waals surface area (Å²) in [5.74, 6) is -3.52. The van der Waals surface area contributed by atoms with Crippen LogP contribution in [0.1, 0.15) is 22.0 Å². The normalized spacial score (nSPS) is 25.4. The molecule has 1 aromatic carbocycles. The van der Waals surface area contributed by atoms with Crippen LogP contribution in [0.25, 0.3) is 0 Å². The molecule has 0 unspecified atom stereocenters. The minimum Gasteiger partial charge on any atom is -0.508 e. The highest BCUT2D eigenvalue weighted by Gasteiger charge is 2.66. The fourth-order valence-electron chi connectivity index (χ4n) is 3.02. The Hall–Kier alpha value is -3.14. The molecule has 10 heteroatoms. The number of nitrogens with zero attached hydrogens (tertiary/aromatic N) is 1. The second kappa shape index (κ2) is 6.54. The smallest absolute Gasteiger partial charge is 0.437 e. The van der Waals surface area contributed by atoms with Gasteiger partial charge in [-0.15, -0.1) is 0 Å². The number of amides is 2. The van der Waals surface area contributed by atoms with Crippen LogP contribution < -0.4 is 10.6 Å². The standard InChI is InChI=1S/C17H14F3N3O4/c18-17(19,20)16(27)12(14(25)10-4-2-6-21-8-10)13(22-15(26)23-16)9-3-1-5-11(24)7-9/h1-8,12-13,24,27H,(H2,22,23,26)/t12-,13-,16-/m0/s1. The van der Waals surface area contributed by atoms with Crippen molar-refractivity contribution in [1.82, 2.24) is 15.6 Å². The molecule has 2 amide bonds. The van der Waals surface area contributed by atoms with E-state index in [-0.39, 0.29) is 16.9 Å². The molecule has 7 nitrogen and oxygen atoms in total. The molecule has 4 N–H and O–H groups in total. The predicted octanol–water partition coefficient (Wildman–Crippen LogP) is 1.89. The van der Waals surface area contributed by atoms with Gasteiger partial charge >= 0.3 is 12.2 Å². The van der Waals surface area contributed by atoms with Crippen molar-refractivity contribution in [2.45, 2.75) is 17.9 Å². The van der Waals surface area contributed by atoms with E-state index in [1.807, 2.05) is 0 Å². The van der Waals surface area contributed by atoms with Gasteiger partial charge in [-0.25, -0.2) is 4.79 Å². The van der Waals surface area contributed by atoms with Crippen molar-refractivity contribution in [2.75, 3.05) is 0 Å². The van der Waals surface area contributed by atoms with Gasteiger partial charge in [0.2, 0.25) is 5.72 Å². The average molecular weight is 381 g/mol. The van der Waals surface area contributed by atoms with Crippen LogP contribution in [0, 0.1) is 5.92 Å². The summed E-state index contributed by atoms with van der Waals surface area (Å²) in [4.78, 5) is 28.4. The SMILES string of the molecule is O=C1N[C@@H](c2cccc(O)c2)[C@@H](C(=O)c2cccnc2)[C@](O)(C(F)(F)F)N1. The number of aromatic hydroxyl groups is 1. The number of hydrogen-bond acceptors (Lipinski definition) is 5. The molecule has 3 rings (SSSR count). The van der Waals surface area contributed by atoms with E-state index in [0.29, 0.717) is 0 Å². The van der Waals surface area contributed by atoms with Crippen molar-refractivity contribution in [1.29, 1.82) is 0 Å². The maximum absolute atomic E-state index is 13.7. The summed E-state index contributed by atoms with van der Waals surface area (Å²) in [6.07, 6.45) is -2.95. The Morgan fingerprint density at radius 3 is 2.56 bits per heavy atom. The zero-order valence-electron chi connectivity index (χ0n) is 13.6. The van der Waals surface area contributed by atoms with Crippen LogP contribution in [0.15, 0.2) is 48.8 Å². The lowest BCUT2D eigenvalue weighted by molar-refractivity contribution is -0.287. The molecule has 0 saturated carbocycles. The van der Waals surface area contributed by atoms with Crippen LogP contribution >= 0.6 is 0 Å². The third kappa shape index (κ3) is 3.31. The van der Waals surface area contributed by atoms with E-state index in [2.05, 4.69) is 10.3 Å². The molecular weight excluding hydrogens is 367 g/mol. The van der Waals surface area contributed by atoms with Gasteiger partial charge < -0.3 is 20.8 Å². The number of carbonyl (C=O) groups excluding carboxylic acids is 2. The molecule has 2 heterocycles. The highest BCUT2D eigenvalue weighted by atomic mass is 19.4. The van der Waals surface area contributed by atoms with E-state index >= 15 is 0 Å². The molecule has 1 aliphatic heterocycles. The Bertz CT molecular complexity index is 875. The number of halogens is 3. The number of nitrogens with one attached hydrogen (secondary N) is 2. The second-order valence-corrected chi connectivity index (χ2v) is 6.02. The molecule has 1 fully saturated rings. The fraction of sp³-hybridized carbons (Fsp3) is 0.235. The zero-order valence-corrected chi connectivity index (χ0v) is 13.6. The lowest BCUT2D eigenvalue weighted by atomic mass is 9.77. The Morgan fingerprint density at radius 1 is 1.22 bits per heavy atom. The molecule has 2 aromatic rings. The highest BCUT2D eigenvalue weighted by Crippen LogP contribution is 2.44. The summed E-state index contributed by atoms with van der Waals surface area (Å²) in [5.41, 5.74) is -3.97. The number of ketones is 1. The number of hydrogen-bond donors (Lipinski definition) is 4. The van der Waals surface area contributed by atoms with Crippen molar-refractivity contribution < 1.29 is 33.0 Å². The van der Waals surface area contributed by atoms with Crippen molar-refractivity contribution in [3.63, 3.8) is 0 Å². The number of phenols is 1. The van der Waals surface area contributed by atoms with Crippen LogP contribution in [0.3, 0.4) is 0 Å². The van der Waals surface area contributed by atoms with Gasteiger partial charge in [-0.05, 0) is 29.8 Å². The maximum atomic E-state index is 13.7. The van der Waals surface area contributed by atoms with E-state index in [1.54, 1.807) is 0 Å². The van der Waals surface area contributed by atoms with E-state index in [9.17, 15) is 33.0 Å². The van der Waals surface area contributed by atoms with Gasteiger partial charge in [-0.1, -0.05) is 12.1 Å². The number of alkyl halides is 3. The molecule has 0 radical (unpaired) electrons. The maximum Gasteiger partial charge on any atom is 0.437 e. The first-order valence-electron chi connectivity index (χ1n) is 7.74. The molecule has 1 aliphatic rings. The minimum atomic E-state index is -5.34. The van der Waals surface area contributed by atoms with Gasteiger partial charge in [0.25, 0.3) is 0 Å². The van der Waals surface area contributed by atoms with E-state index in [0.717, 1.165) is 12.3 Å². The first kappa shape index (κ1) is 18.6. The fourth-order valence-corrected chi connectivity index (χ4v) is 3.02. The molecule has 27 heavy (non-hydrogen) atoms. The molecule has 1 saturated heterocycles. The summed E-state index contributed by atoms with van der Waals surface area (Å²) in [6, 6.07) is 4.81. The van der Waals surface area contributed by atoms with Gasteiger partial charge in [0, 0.05) is 18.0 Å². The number of urea groups is 1. The van der Waals surface area contributed by atoms with Crippen LogP contribution in [0.5, 0.6) is 5.75 Å². The van der Waals surface area contributed by atoms with Crippen molar-refractivity contribution >= 4 is 11.8 Å². The molecule has 3 atom stereocenters. The molecule has 1 aromatic heterocycles. The Kier molecular flexibility index (Phi) is 4.52. The summed E-state index contributed by atoms with van der Waals surface area (Å²) in [6.45, 7) is 0. The molecule has 0 aliphatic carbocycles. The minimum absolute atomic E-state index is 0.0229. The van der Waals surface area contributed by atoms with Crippen LogP contribution in [0.4, 0.5) is 18.0 Å². The van der Waals surface area contributed by atoms with E-state index in [1.165, 1.54) is 41.8 Å². The second-order valence-electron chi connectivity index (χ2n) is 6.02. The average Bonchev–Trinajstić information content (AvgIpc) is 2.60. The Balaban J connectivity index is 2.17.